The van der Waals surface area contributed by atoms with Gasteiger partial charge >= 0.3 is 5.97 Å². The van der Waals surface area contributed by atoms with Gasteiger partial charge in [-0.2, -0.15) is 0 Å². The van der Waals surface area contributed by atoms with Crippen molar-refractivity contribution in [1.82, 2.24) is 14.9 Å². The van der Waals surface area contributed by atoms with Gasteiger partial charge in [-0.3, -0.25) is 4.79 Å². The third-order valence-corrected chi connectivity index (χ3v) is 3.06. The van der Waals surface area contributed by atoms with Crippen LogP contribution in [0.1, 0.15) is 46.4 Å². The number of aromatic nitrogens is 2. The lowest BCUT2D eigenvalue weighted by Crippen LogP contribution is -2.26. The van der Waals surface area contributed by atoms with Crippen molar-refractivity contribution in [3.8, 4) is 0 Å². The summed E-state index contributed by atoms with van der Waals surface area (Å²) in [5, 5.41) is 11.6. The Morgan fingerprint density at radius 2 is 2.10 bits per heavy atom. The minimum Gasteiger partial charge on any atom is -0.477 e. The Labute approximate surface area is 122 Å². The van der Waals surface area contributed by atoms with Crippen LogP contribution in [0.25, 0.3) is 0 Å². The Kier molecular flexibility index (Phi) is 4.37. The van der Waals surface area contributed by atoms with Crippen molar-refractivity contribution >= 4 is 11.9 Å². The van der Waals surface area contributed by atoms with Gasteiger partial charge in [0, 0.05) is 25.0 Å². The molecule has 110 valence electrons. The molecule has 0 saturated carbocycles. The van der Waals surface area contributed by atoms with Crippen molar-refractivity contribution in [2.24, 2.45) is 0 Å². The fourth-order valence-corrected chi connectivity index (χ4v) is 1.96. The van der Waals surface area contributed by atoms with E-state index in [0.717, 1.165) is 5.56 Å². The molecular weight excluding hydrogens is 270 g/mol. The van der Waals surface area contributed by atoms with Crippen molar-refractivity contribution in [2.75, 3.05) is 0 Å². The lowest BCUT2D eigenvalue weighted by Gasteiger charge is -2.12. The summed E-state index contributed by atoms with van der Waals surface area (Å²) < 4.78 is 1.89. The molecule has 2 heterocycles. The number of aromatic carboxylic acids is 1. The van der Waals surface area contributed by atoms with E-state index < -0.39 is 5.97 Å². The van der Waals surface area contributed by atoms with Crippen LogP contribution in [0, 0.1) is 0 Å². The molecule has 0 unspecified atom stereocenters. The average Bonchev–Trinajstić information content (AvgIpc) is 2.95. The van der Waals surface area contributed by atoms with Gasteiger partial charge < -0.3 is 15.0 Å². The quantitative estimate of drug-likeness (QED) is 0.882. The number of hydrogen-bond acceptors (Lipinski definition) is 3. The first kappa shape index (κ1) is 14.8. The second-order valence-electron chi connectivity index (χ2n) is 4.93. The van der Waals surface area contributed by atoms with Gasteiger partial charge in [0.1, 0.15) is 11.4 Å². The van der Waals surface area contributed by atoms with Crippen LogP contribution in [0.2, 0.25) is 0 Å². The van der Waals surface area contributed by atoms with Gasteiger partial charge in [0.2, 0.25) is 0 Å². The summed E-state index contributed by atoms with van der Waals surface area (Å²) in [5.41, 5.74) is 1.33. The molecule has 0 aromatic carbocycles. The van der Waals surface area contributed by atoms with Crippen LogP contribution >= 0.6 is 0 Å². The minimum absolute atomic E-state index is 0.0150. The fraction of sp³-hybridized carbons (Fsp3) is 0.267. The van der Waals surface area contributed by atoms with Crippen molar-refractivity contribution in [1.29, 1.82) is 0 Å². The summed E-state index contributed by atoms with van der Waals surface area (Å²) in [4.78, 5) is 26.6. The van der Waals surface area contributed by atoms with E-state index >= 15 is 0 Å². The molecule has 1 amide bonds. The molecule has 0 bridgehead atoms. The molecule has 0 fully saturated rings. The van der Waals surface area contributed by atoms with Crippen LogP contribution in [0.5, 0.6) is 0 Å². The van der Waals surface area contributed by atoms with Crippen LogP contribution in [0.15, 0.2) is 36.7 Å². The highest BCUT2D eigenvalue weighted by atomic mass is 16.4. The Hall–Kier alpha value is -2.63. The fourth-order valence-electron chi connectivity index (χ4n) is 1.96. The maximum absolute atomic E-state index is 12.1. The number of nitrogens with one attached hydrogen (secondary N) is 1. The summed E-state index contributed by atoms with van der Waals surface area (Å²) in [6.07, 6.45) is 3.31. The zero-order valence-electron chi connectivity index (χ0n) is 11.9. The van der Waals surface area contributed by atoms with Crippen LogP contribution in [-0.2, 0) is 6.54 Å². The molecule has 0 aliphatic rings. The smallest absolute Gasteiger partial charge is 0.354 e. The van der Waals surface area contributed by atoms with Gasteiger partial charge in [0.05, 0.1) is 0 Å². The lowest BCUT2D eigenvalue weighted by atomic mass is 10.2. The van der Waals surface area contributed by atoms with E-state index in [-0.39, 0.29) is 17.6 Å². The lowest BCUT2D eigenvalue weighted by molar-refractivity contribution is 0.0690. The summed E-state index contributed by atoms with van der Waals surface area (Å²) >= 11 is 0. The molecule has 0 atom stereocenters. The maximum Gasteiger partial charge on any atom is 0.354 e. The molecule has 6 nitrogen and oxygen atoms in total. The number of carbonyl (C=O) groups excluding carboxylic acids is 1. The minimum atomic E-state index is -1.07. The molecule has 0 aliphatic carbocycles. The number of carbonyl (C=O) groups is 2. The molecule has 21 heavy (non-hydrogen) atoms. The van der Waals surface area contributed by atoms with Crippen LogP contribution in [-0.4, -0.2) is 26.5 Å². The SMILES string of the molecule is CC(C)n1cccc1C(=O)NCc1ccc(C(=O)O)nc1. The van der Waals surface area contributed by atoms with Crippen LogP contribution in [0.4, 0.5) is 0 Å². The third-order valence-electron chi connectivity index (χ3n) is 3.06. The number of pyridine rings is 1. The highest BCUT2D eigenvalue weighted by Crippen LogP contribution is 2.11. The Morgan fingerprint density at radius 1 is 1.33 bits per heavy atom. The predicted molar refractivity (Wildman–Crippen MR) is 77.2 cm³/mol. The number of rotatable bonds is 5. The van der Waals surface area contributed by atoms with E-state index in [1.54, 1.807) is 12.1 Å². The zero-order valence-corrected chi connectivity index (χ0v) is 11.9. The molecular formula is C15H17N3O3. The number of carboxylic acids is 1. The maximum atomic E-state index is 12.1. The van der Waals surface area contributed by atoms with E-state index in [4.69, 9.17) is 5.11 Å². The van der Waals surface area contributed by atoms with Gasteiger partial charge in [0.25, 0.3) is 5.91 Å². The van der Waals surface area contributed by atoms with Crippen molar-refractivity contribution in [2.45, 2.75) is 26.4 Å². The standard InChI is InChI=1S/C15H17N3O3/c1-10(2)18-7-3-4-13(18)14(19)17-9-11-5-6-12(15(20)21)16-8-11/h3-8,10H,9H2,1-2H3,(H,17,19)(H,20,21). The van der Waals surface area contributed by atoms with Gasteiger partial charge in [-0.25, -0.2) is 9.78 Å². The van der Waals surface area contributed by atoms with Gasteiger partial charge in [-0.15, -0.1) is 0 Å². The highest BCUT2D eigenvalue weighted by molar-refractivity contribution is 5.92. The molecule has 0 spiro atoms. The van der Waals surface area contributed by atoms with Gasteiger partial charge in [0.15, 0.2) is 0 Å². The zero-order chi connectivity index (χ0) is 15.4. The number of amides is 1. The number of nitrogens with zero attached hydrogens (tertiary/aromatic N) is 2. The molecule has 6 heteroatoms. The molecule has 2 aromatic rings. The highest BCUT2D eigenvalue weighted by Gasteiger charge is 2.12. The van der Waals surface area contributed by atoms with Crippen LogP contribution < -0.4 is 5.32 Å². The normalized spacial score (nSPS) is 10.6. The number of hydrogen-bond donors (Lipinski definition) is 2. The van der Waals surface area contributed by atoms with Crippen LogP contribution in [0.3, 0.4) is 0 Å². The molecule has 0 radical (unpaired) electrons. The van der Waals surface area contributed by atoms with E-state index in [1.165, 1.54) is 12.3 Å². The largest absolute Gasteiger partial charge is 0.477 e. The second kappa shape index (κ2) is 6.21. The Bertz CT molecular complexity index is 644. The topological polar surface area (TPSA) is 84.2 Å². The molecule has 2 N–H and O–H groups in total. The molecule has 2 aromatic heterocycles. The first-order valence-corrected chi connectivity index (χ1v) is 6.62. The van der Waals surface area contributed by atoms with E-state index in [2.05, 4.69) is 10.3 Å². The predicted octanol–water partition coefficient (Wildman–Crippen LogP) is 2.09. The van der Waals surface area contributed by atoms with E-state index in [0.29, 0.717) is 12.2 Å². The first-order chi connectivity index (χ1) is 9.99. The van der Waals surface area contributed by atoms with Crippen molar-refractivity contribution < 1.29 is 14.7 Å². The summed E-state index contributed by atoms with van der Waals surface area (Å²) in [6.45, 7) is 4.31. The Balaban J connectivity index is 2.00. The molecule has 2 rings (SSSR count). The Morgan fingerprint density at radius 3 is 2.67 bits per heavy atom. The van der Waals surface area contributed by atoms with Crippen molar-refractivity contribution in [3.05, 3.63) is 53.6 Å². The molecule has 0 saturated heterocycles. The molecule has 0 aliphatic heterocycles. The monoisotopic (exact) mass is 287 g/mol. The number of carboxylic acid groups (broad SMARTS) is 1. The van der Waals surface area contributed by atoms with Gasteiger partial charge in [-0.1, -0.05) is 6.07 Å². The van der Waals surface area contributed by atoms with E-state index in [9.17, 15) is 9.59 Å². The third kappa shape index (κ3) is 3.47. The van der Waals surface area contributed by atoms with Gasteiger partial charge in [-0.05, 0) is 37.6 Å². The summed E-state index contributed by atoms with van der Waals surface area (Å²) in [6, 6.07) is 6.86. The summed E-state index contributed by atoms with van der Waals surface area (Å²) in [7, 11) is 0. The van der Waals surface area contributed by atoms with E-state index in [1.807, 2.05) is 30.7 Å². The summed E-state index contributed by atoms with van der Waals surface area (Å²) in [5.74, 6) is -1.24. The van der Waals surface area contributed by atoms with Crippen molar-refractivity contribution in [3.63, 3.8) is 0 Å². The second-order valence-corrected chi connectivity index (χ2v) is 4.93. The average molecular weight is 287 g/mol. The first-order valence-electron chi connectivity index (χ1n) is 6.62.